The highest BCUT2D eigenvalue weighted by molar-refractivity contribution is 5.92. The largest absolute Gasteiger partial charge is 0.366 e. The van der Waals surface area contributed by atoms with Gasteiger partial charge in [0.05, 0.1) is 11.8 Å². The maximum atomic E-state index is 14.1. The molecule has 0 aliphatic rings. The van der Waals surface area contributed by atoms with Crippen LogP contribution in [-0.4, -0.2) is 22.2 Å². The smallest absolute Gasteiger partial charge is 0.251 e. The van der Waals surface area contributed by atoms with Gasteiger partial charge in [0.1, 0.15) is 11.5 Å². The lowest BCUT2D eigenvalue weighted by Gasteiger charge is -2.17. The Morgan fingerprint density at radius 2 is 2.30 bits per heavy atom. The summed E-state index contributed by atoms with van der Waals surface area (Å²) in [5.74, 6) is -0.986. The molecule has 0 aliphatic carbocycles. The second-order valence-electron chi connectivity index (χ2n) is 4.49. The quantitative estimate of drug-likeness (QED) is 0.874. The number of nitrogens with zero attached hydrogens (tertiary/aromatic N) is 2. The second kappa shape index (κ2) is 5.83. The van der Waals surface area contributed by atoms with Crippen LogP contribution in [0, 0.1) is 5.82 Å². The summed E-state index contributed by atoms with van der Waals surface area (Å²) >= 11 is 0. The normalized spacial score (nSPS) is 12.3. The molecule has 2 aromatic rings. The van der Waals surface area contributed by atoms with E-state index in [-0.39, 0.29) is 11.6 Å². The summed E-state index contributed by atoms with van der Waals surface area (Å²) in [6, 6.07) is 4.81. The molecule has 1 aromatic carbocycles. The van der Waals surface area contributed by atoms with Gasteiger partial charge in [-0.3, -0.25) is 4.79 Å². The fourth-order valence-corrected chi connectivity index (χ4v) is 2.11. The van der Waals surface area contributed by atoms with Crippen molar-refractivity contribution in [2.45, 2.75) is 19.9 Å². The minimum atomic E-state index is -0.589. The van der Waals surface area contributed by atoms with Gasteiger partial charge in [0.2, 0.25) is 0 Å². The van der Waals surface area contributed by atoms with Crippen LogP contribution in [0.1, 0.15) is 35.8 Å². The molecule has 0 spiro atoms. The van der Waals surface area contributed by atoms with E-state index in [2.05, 4.69) is 10.4 Å². The van der Waals surface area contributed by atoms with Crippen molar-refractivity contribution in [1.82, 2.24) is 15.1 Å². The fraction of sp³-hybridized carbons (Fsp3) is 0.286. The molecule has 0 bridgehead atoms. The van der Waals surface area contributed by atoms with Gasteiger partial charge in [-0.05, 0) is 25.1 Å². The molecular formula is C14H17FN4O. The average molecular weight is 276 g/mol. The summed E-state index contributed by atoms with van der Waals surface area (Å²) in [6.07, 6.45) is 2.76. The van der Waals surface area contributed by atoms with E-state index in [1.54, 1.807) is 6.07 Å². The van der Waals surface area contributed by atoms with Crippen LogP contribution in [-0.2, 0) is 0 Å². The second-order valence-corrected chi connectivity index (χ2v) is 4.49. The number of nitrogens with two attached hydrogens (primary N) is 1. The predicted octanol–water partition coefficient (Wildman–Crippen LogP) is 1.78. The highest BCUT2D eigenvalue weighted by atomic mass is 19.1. The first-order valence-electron chi connectivity index (χ1n) is 6.41. The average Bonchev–Trinajstić information content (AvgIpc) is 2.88. The van der Waals surface area contributed by atoms with Crippen molar-refractivity contribution in [1.29, 1.82) is 0 Å². The van der Waals surface area contributed by atoms with Crippen molar-refractivity contribution < 1.29 is 9.18 Å². The number of nitrogens with one attached hydrogen (secondary N) is 1. The number of halogens is 1. The van der Waals surface area contributed by atoms with Crippen molar-refractivity contribution in [3.63, 3.8) is 0 Å². The molecule has 1 unspecified atom stereocenters. The summed E-state index contributed by atoms with van der Waals surface area (Å²) < 4.78 is 15.5. The van der Waals surface area contributed by atoms with Crippen LogP contribution < -0.4 is 11.1 Å². The minimum Gasteiger partial charge on any atom is -0.366 e. The number of rotatable bonds is 5. The predicted molar refractivity (Wildman–Crippen MR) is 74.1 cm³/mol. The number of hydrogen-bond donors (Lipinski definition) is 2. The Morgan fingerprint density at radius 1 is 1.55 bits per heavy atom. The summed E-state index contributed by atoms with van der Waals surface area (Å²) in [5, 5.41) is 7.25. The summed E-state index contributed by atoms with van der Waals surface area (Å²) in [6.45, 7) is 4.69. The van der Waals surface area contributed by atoms with Gasteiger partial charge in [0.25, 0.3) is 5.91 Å². The van der Waals surface area contributed by atoms with E-state index in [9.17, 15) is 9.18 Å². The number of aromatic nitrogens is 2. The maximum Gasteiger partial charge on any atom is 0.251 e. The van der Waals surface area contributed by atoms with Crippen LogP contribution in [0.5, 0.6) is 0 Å². The minimum absolute atomic E-state index is 0.0353. The number of hydrogen-bond acceptors (Lipinski definition) is 3. The Bertz CT molecular complexity index is 623. The SMILES string of the molecule is CCNC(C)c1cccc(F)c1-n1cc(C(N)=O)cn1. The molecule has 5 nitrogen and oxygen atoms in total. The number of benzene rings is 1. The van der Waals surface area contributed by atoms with E-state index in [0.717, 1.165) is 12.1 Å². The molecule has 106 valence electrons. The molecule has 0 saturated heterocycles. The Kier molecular flexibility index (Phi) is 4.14. The molecule has 3 N–H and O–H groups in total. The molecule has 1 aromatic heterocycles. The summed E-state index contributed by atoms with van der Waals surface area (Å²) in [5.41, 5.74) is 6.53. The molecule has 0 fully saturated rings. The van der Waals surface area contributed by atoms with E-state index in [4.69, 9.17) is 5.73 Å². The number of carbonyl (C=O) groups excluding carboxylic acids is 1. The lowest BCUT2D eigenvalue weighted by atomic mass is 10.1. The first-order chi connectivity index (χ1) is 9.54. The molecule has 0 radical (unpaired) electrons. The molecule has 6 heteroatoms. The lowest BCUT2D eigenvalue weighted by molar-refractivity contribution is 0.100. The van der Waals surface area contributed by atoms with Gasteiger partial charge in [-0.25, -0.2) is 9.07 Å². The lowest BCUT2D eigenvalue weighted by Crippen LogP contribution is -2.20. The zero-order chi connectivity index (χ0) is 14.7. The number of carbonyl (C=O) groups is 1. The van der Waals surface area contributed by atoms with E-state index in [1.165, 1.54) is 23.1 Å². The van der Waals surface area contributed by atoms with E-state index in [1.807, 2.05) is 19.9 Å². The Balaban J connectivity index is 2.51. The van der Waals surface area contributed by atoms with Gasteiger partial charge in [0, 0.05) is 12.2 Å². The van der Waals surface area contributed by atoms with Crippen LogP contribution in [0.2, 0.25) is 0 Å². The zero-order valence-electron chi connectivity index (χ0n) is 11.4. The van der Waals surface area contributed by atoms with Crippen LogP contribution >= 0.6 is 0 Å². The Labute approximate surface area is 116 Å². The Morgan fingerprint density at radius 3 is 2.90 bits per heavy atom. The van der Waals surface area contributed by atoms with Gasteiger partial charge < -0.3 is 11.1 Å². The van der Waals surface area contributed by atoms with E-state index in [0.29, 0.717) is 5.69 Å². The van der Waals surface area contributed by atoms with Crippen molar-refractivity contribution in [3.05, 3.63) is 47.5 Å². The number of amides is 1. The van der Waals surface area contributed by atoms with Gasteiger partial charge in [0.15, 0.2) is 0 Å². The third-order valence-corrected chi connectivity index (χ3v) is 3.09. The molecule has 1 heterocycles. The molecule has 2 rings (SSSR count). The standard InChI is InChI=1S/C14H17FN4O/c1-3-17-9(2)11-5-4-6-12(15)13(11)19-8-10(7-18-19)14(16)20/h4-9,17H,3H2,1-2H3,(H2,16,20). The van der Waals surface area contributed by atoms with Gasteiger partial charge in [-0.1, -0.05) is 19.1 Å². The number of para-hydroxylation sites is 1. The zero-order valence-corrected chi connectivity index (χ0v) is 11.4. The molecule has 0 saturated carbocycles. The van der Waals surface area contributed by atoms with Crippen molar-refractivity contribution >= 4 is 5.91 Å². The van der Waals surface area contributed by atoms with Gasteiger partial charge >= 0.3 is 0 Å². The van der Waals surface area contributed by atoms with Crippen LogP contribution in [0.25, 0.3) is 5.69 Å². The molecule has 20 heavy (non-hydrogen) atoms. The van der Waals surface area contributed by atoms with Crippen molar-refractivity contribution in [2.24, 2.45) is 5.73 Å². The van der Waals surface area contributed by atoms with Crippen molar-refractivity contribution in [3.8, 4) is 5.69 Å². The highest BCUT2D eigenvalue weighted by Crippen LogP contribution is 2.24. The maximum absolute atomic E-state index is 14.1. The van der Waals surface area contributed by atoms with Crippen LogP contribution in [0.15, 0.2) is 30.6 Å². The molecule has 0 aliphatic heterocycles. The highest BCUT2D eigenvalue weighted by Gasteiger charge is 2.17. The fourth-order valence-electron chi connectivity index (χ4n) is 2.11. The van der Waals surface area contributed by atoms with Crippen molar-refractivity contribution in [2.75, 3.05) is 6.54 Å². The van der Waals surface area contributed by atoms with Gasteiger partial charge in [-0.15, -0.1) is 0 Å². The monoisotopic (exact) mass is 276 g/mol. The molecule has 1 atom stereocenters. The van der Waals surface area contributed by atoms with Crippen LogP contribution in [0.3, 0.4) is 0 Å². The van der Waals surface area contributed by atoms with Crippen LogP contribution in [0.4, 0.5) is 4.39 Å². The third-order valence-electron chi connectivity index (χ3n) is 3.09. The summed E-state index contributed by atoms with van der Waals surface area (Å²) in [4.78, 5) is 11.1. The number of primary amides is 1. The van der Waals surface area contributed by atoms with Gasteiger partial charge in [-0.2, -0.15) is 5.10 Å². The molecule has 1 amide bonds. The molecular weight excluding hydrogens is 259 g/mol. The topological polar surface area (TPSA) is 72.9 Å². The first-order valence-corrected chi connectivity index (χ1v) is 6.41. The van der Waals surface area contributed by atoms with E-state index >= 15 is 0 Å². The summed E-state index contributed by atoms with van der Waals surface area (Å²) in [7, 11) is 0. The van der Waals surface area contributed by atoms with E-state index < -0.39 is 11.7 Å². The third kappa shape index (κ3) is 2.70. The first kappa shape index (κ1) is 14.2. The Hall–Kier alpha value is -2.21.